The molecule has 1 heterocycles. The molecule has 0 radical (unpaired) electrons. The Morgan fingerprint density at radius 1 is 1.00 bits per heavy atom. The van der Waals surface area contributed by atoms with Gasteiger partial charge in [-0.15, -0.1) is 0 Å². The molecule has 7 nitrogen and oxygen atoms in total. The van der Waals surface area contributed by atoms with Crippen LogP contribution in [0.5, 0.6) is 5.75 Å². The van der Waals surface area contributed by atoms with E-state index in [0.717, 1.165) is 10.9 Å². The predicted molar refractivity (Wildman–Crippen MR) is 112 cm³/mol. The minimum absolute atomic E-state index is 0.378. The summed E-state index contributed by atoms with van der Waals surface area (Å²) in [5.74, 6) is -1.37. The molecule has 0 fully saturated rings. The number of ether oxygens (including phenoxy) is 1. The van der Waals surface area contributed by atoms with Crippen molar-refractivity contribution in [2.75, 3.05) is 0 Å². The van der Waals surface area contributed by atoms with Crippen LogP contribution in [0, 0.1) is 20.8 Å². The summed E-state index contributed by atoms with van der Waals surface area (Å²) in [6, 6.07) is 10.7. The number of hydrogen-bond donors (Lipinski definition) is 2. The molecule has 0 saturated heterocycles. The van der Waals surface area contributed by atoms with Gasteiger partial charge >= 0.3 is 11.6 Å². The van der Waals surface area contributed by atoms with Gasteiger partial charge in [-0.1, -0.05) is 30.3 Å². The molecular weight excluding hydrogens is 386 g/mol. The summed E-state index contributed by atoms with van der Waals surface area (Å²) in [6.45, 7) is 6.82. The lowest BCUT2D eigenvalue weighted by atomic mass is 10.0. The van der Waals surface area contributed by atoms with Gasteiger partial charge in [-0.3, -0.25) is 4.79 Å². The van der Waals surface area contributed by atoms with Crippen LogP contribution in [0.1, 0.15) is 35.2 Å². The van der Waals surface area contributed by atoms with Crippen LogP contribution in [0.3, 0.4) is 0 Å². The summed E-state index contributed by atoms with van der Waals surface area (Å²) < 4.78 is 11.2. The van der Waals surface area contributed by atoms with Gasteiger partial charge in [-0.05, 0) is 51.0 Å². The highest BCUT2D eigenvalue weighted by Gasteiger charge is 2.26. The summed E-state index contributed by atoms with van der Waals surface area (Å²) in [5, 5.41) is 12.8. The Kier molecular flexibility index (Phi) is 5.91. The minimum atomic E-state index is -1.19. The zero-order valence-electron chi connectivity index (χ0n) is 17.2. The monoisotopic (exact) mass is 409 g/mol. The highest BCUT2D eigenvalue weighted by Crippen LogP contribution is 2.30. The zero-order valence-corrected chi connectivity index (χ0v) is 17.2. The van der Waals surface area contributed by atoms with Gasteiger partial charge in [0.05, 0.1) is 0 Å². The molecule has 3 aromatic rings. The standard InChI is InChI=1S/C23H23NO6/c1-12-13(2)23(28)30-20-14(3)18(11-10-17(12)20)29-15(4)21(25)24-19(22(26)27)16-8-6-5-7-9-16/h5-11,15,19H,1-4H3,(H,24,25)(H,26,27)/t15?,19-/m1/s1. The van der Waals surface area contributed by atoms with E-state index in [-0.39, 0.29) is 0 Å². The van der Waals surface area contributed by atoms with Crippen molar-refractivity contribution in [3.05, 3.63) is 75.1 Å². The van der Waals surface area contributed by atoms with Gasteiger partial charge in [0, 0.05) is 16.5 Å². The molecule has 0 aliphatic carbocycles. The quantitative estimate of drug-likeness (QED) is 0.604. The van der Waals surface area contributed by atoms with E-state index in [1.807, 2.05) is 6.92 Å². The normalized spacial score (nSPS) is 12.9. The zero-order chi connectivity index (χ0) is 22.0. The van der Waals surface area contributed by atoms with Crippen LogP contribution >= 0.6 is 0 Å². The van der Waals surface area contributed by atoms with E-state index in [2.05, 4.69) is 5.32 Å². The fraction of sp³-hybridized carbons (Fsp3) is 0.261. The van der Waals surface area contributed by atoms with Crippen molar-refractivity contribution in [3.8, 4) is 5.75 Å². The third kappa shape index (κ3) is 4.05. The number of amides is 1. The molecule has 3 rings (SSSR count). The van der Waals surface area contributed by atoms with Crippen molar-refractivity contribution in [1.29, 1.82) is 0 Å². The summed E-state index contributed by atoms with van der Waals surface area (Å²) in [4.78, 5) is 36.2. The molecule has 2 atom stereocenters. The summed E-state index contributed by atoms with van der Waals surface area (Å²) >= 11 is 0. The van der Waals surface area contributed by atoms with Crippen LogP contribution in [0.4, 0.5) is 0 Å². The molecule has 30 heavy (non-hydrogen) atoms. The number of carbonyl (C=O) groups excluding carboxylic acids is 1. The van der Waals surface area contributed by atoms with Crippen LogP contribution in [0.2, 0.25) is 0 Å². The first-order chi connectivity index (χ1) is 14.2. The Bertz CT molecular complexity index is 1170. The Morgan fingerprint density at radius 3 is 2.30 bits per heavy atom. The summed E-state index contributed by atoms with van der Waals surface area (Å²) in [7, 11) is 0. The third-order valence-corrected chi connectivity index (χ3v) is 5.16. The summed E-state index contributed by atoms with van der Waals surface area (Å²) in [5.41, 5.74) is 2.40. The number of carbonyl (C=O) groups is 2. The molecule has 2 aromatic carbocycles. The van der Waals surface area contributed by atoms with E-state index in [1.165, 1.54) is 6.92 Å². The first kappa shape index (κ1) is 21.1. The second-order valence-corrected chi connectivity index (χ2v) is 7.16. The Labute approximate surface area is 173 Å². The van der Waals surface area contributed by atoms with E-state index < -0.39 is 29.6 Å². The molecule has 2 N–H and O–H groups in total. The molecule has 0 saturated carbocycles. The van der Waals surface area contributed by atoms with Gasteiger partial charge in [-0.2, -0.15) is 0 Å². The van der Waals surface area contributed by atoms with Crippen LogP contribution in [-0.4, -0.2) is 23.1 Å². The Balaban J connectivity index is 1.84. The number of aryl methyl sites for hydroxylation is 2. The van der Waals surface area contributed by atoms with E-state index in [0.29, 0.717) is 28.0 Å². The second-order valence-electron chi connectivity index (χ2n) is 7.16. The number of benzene rings is 2. The molecular formula is C23H23NO6. The number of hydrogen-bond acceptors (Lipinski definition) is 5. The molecule has 0 aliphatic rings. The first-order valence-corrected chi connectivity index (χ1v) is 9.49. The lowest BCUT2D eigenvalue weighted by Gasteiger charge is -2.20. The van der Waals surface area contributed by atoms with Crippen molar-refractivity contribution < 1.29 is 23.8 Å². The molecule has 0 bridgehead atoms. The molecule has 1 unspecified atom stereocenters. The second kappa shape index (κ2) is 8.41. The lowest BCUT2D eigenvalue weighted by molar-refractivity contribution is -0.143. The first-order valence-electron chi connectivity index (χ1n) is 9.49. The van der Waals surface area contributed by atoms with Crippen molar-refractivity contribution in [3.63, 3.8) is 0 Å². The van der Waals surface area contributed by atoms with Crippen LogP contribution in [0.15, 0.2) is 51.7 Å². The highest BCUT2D eigenvalue weighted by atomic mass is 16.5. The van der Waals surface area contributed by atoms with Gasteiger partial charge < -0.3 is 19.6 Å². The lowest BCUT2D eigenvalue weighted by Crippen LogP contribution is -2.41. The fourth-order valence-electron chi connectivity index (χ4n) is 3.19. The van der Waals surface area contributed by atoms with Crippen molar-refractivity contribution in [1.82, 2.24) is 5.32 Å². The number of rotatable bonds is 6. The van der Waals surface area contributed by atoms with Crippen LogP contribution in [0.25, 0.3) is 11.0 Å². The van der Waals surface area contributed by atoms with E-state index in [9.17, 15) is 19.5 Å². The molecule has 1 amide bonds. The molecule has 1 aromatic heterocycles. The smallest absolute Gasteiger partial charge is 0.339 e. The number of aliphatic carboxylic acids is 1. The number of fused-ring (bicyclic) bond motifs is 1. The summed E-state index contributed by atoms with van der Waals surface area (Å²) in [6.07, 6.45) is -0.968. The average Bonchev–Trinajstić information content (AvgIpc) is 2.73. The SMILES string of the molecule is Cc1c(C)c2ccc(OC(C)C(=O)N[C@@H](C(=O)O)c3ccccc3)c(C)c2oc1=O. The van der Waals surface area contributed by atoms with E-state index >= 15 is 0 Å². The van der Waals surface area contributed by atoms with Crippen molar-refractivity contribution in [2.24, 2.45) is 0 Å². The van der Waals surface area contributed by atoms with Crippen molar-refractivity contribution in [2.45, 2.75) is 39.8 Å². The number of carboxylic acid groups (broad SMARTS) is 1. The largest absolute Gasteiger partial charge is 0.480 e. The van der Waals surface area contributed by atoms with Gasteiger partial charge in [0.15, 0.2) is 12.1 Å². The average molecular weight is 409 g/mol. The van der Waals surface area contributed by atoms with Gasteiger partial charge in [0.1, 0.15) is 11.3 Å². The van der Waals surface area contributed by atoms with E-state index in [1.54, 1.807) is 56.3 Å². The molecule has 0 spiro atoms. The highest BCUT2D eigenvalue weighted by molar-refractivity contribution is 5.88. The van der Waals surface area contributed by atoms with Gasteiger partial charge in [0.25, 0.3) is 5.91 Å². The molecule has 0 aliphatic heterocycles. The van der Waals surface area contributed by atoms with Crippen LogP contribution in [-0.2, 0) is 9.59 Å². The third-order valence-electron chi connectivity index (χ3n) is 5.16. The number of carboxylic acids is 1. The van der Waals surface area contributed by atoms with Gasteiger partial charge in [-0.25, -0.2) is 9.59 Å². The van der Waals surface area contributed by atoms with Crippen LogP contribution < -0.4 is 15.7 Å². The Hall–Kier alpha value is -3.61. The van der Waals surface area contributed by atoms with Gasteiger partial charge in [0.2, 0.25) is 0 Å². The fourth-order valence-corrected chi connectivity index (χ4v) is 3.19. The number of nitrogens with one attached hydrogen (secondary N) is 1. The van der Waals surface area contributed by atoms with Crippen molar-refractivity contribution >= 4 is 22.8 Å². The molecule has 7 heteroatoms. The predicted octanol–water partition coefficient (Wildman–Crippen LogP) is 3.43. The maximum absolute atomic E-state index is 12.6. The maximum Gasteiger partial charge on any atom is 0.339 e. The minimum Gasteiger partial charge on any atom is -0.480 e. The molecule has 156 valence electrons. The maximum atomic E-state index is 12.6. The topological polar surface area (TPSA) is 106 Å². The van der Waals surface area contributed by atoms with E-state index in [4.69, 9.17) is 9.15 Å². The Morgan fingerprint density at radius 2 is 1.67 bits per heavy atom.